The fraction of sp³-hybridized carbons (Fsp3) is 0.0800. The van der Waals surface area contributed by atoms with Crippen LogP contribution in [0, 0.1) is 0 Å². The molecular weight excluding hydrogens is 495 g/mol. The van der Waals surface area contributed by atoms with Crippen LogP contribution in [-0.4, -0.2) is 6.21 Å². The minimum atomic E-state index is 0.425. The average Bonchev–Trinajstić information content (AvgIpc) is 2.78. The van der Waals surface area contributed by atoms with Crippen LogP contribution in [-0.2, 0) is 13.2 Å². The number of nitrogens with zero attached hydrogens (tertiary/aromatic N) is 1. The van der Waals surface area contributed by atoms with E-state index in [4.69, 9.17) is 27.9 Å². The fourth-order valence-electron chi connectivity index (χ4n) is 3.21. The maximum Gasteiger partial charge on any atom is 0.129 e. The van der Waals surface area contributed by atoms with E-state index in [1.54, 1.807) is 6.21 Å². The van der Waals surface area contributed by atoms with E-state index >= 15 is 0 Å². The molecule has 0 radical (unpaired) electrons. The third kappa shape index (κ3) is 5.40. The SMILES string of the molecule is Clc1cccc(Cl)c1CN/N=C/c1c(OCc2ccc(Br)cc2)ccc2ccccc12. The van der Waals surface area contributed by atoms with Crippen molar-refractivity contribution < 1.29 is 4.74 Å². The van der Waals surface area contributed by atoms with Gasteiger partial charge in [0.2, 0.25) is 0 Å². The van der Waals surface area contributed by atoms with E-state index in [2.05, 4.69) is 44.7 Å². The van der Waals surface area contributed by atoms with Gasteiger partial charge in [-0.15, -0.1) is 0 Å². The Bertz CT molecular complexity index is 1210. The minimum absolute atomic E-state index is 0.425. The first-order valence-electron chi connectivity index (χ1n) is 9.69. The second-order valence-corrected chi connectivity index (χ2v) is 8.64. The number of benzene rings is 4. The topological polar surface area (TPSA) is 33.6 Å². The van der Waals surface area contributed by atoms with E-state index in [0.29, 0.717) is 23.2 Å². The van der Waals surface area contributed by atoms with Crippen LogP contribution in [0.5, 0.6) is 5.75 Å². The molecule has 0 saturated heterocycles. The summed E-state index contributed by atoms with van der Waals surface area (Å²) in [5, 5.41) is 7.82. The lowest BCUT2D eigenvalue weighted by molar-refractivity contribution is 0.306. The van der Waals surface area contributed by atoms with Crippen molar-refractivity contribution in [1.29, 1.82) is 0 Å². The highest BCUT2D eigenvalue weighted by Crippen LogP contribution is 2.28. The van der Waals surface area contributed by atoms with Crippen LogP contribution in [0.4, 0.5) is 0 Å². The van der Waals surface area contributed by atoms with Gasteiger partial charge in [0.05, 0.1) is 12.8 Å². The number of hydrogen-bond acceptors (Lipinski definition) is 3. The van der Waals surface area contributed by atoms with Crippen molar-refractivity contribution in [2.45, 2.75) is 13.2 Å². The molecular formula is C25H19BrCl2N2O. The molecule has 4 rings (SSSR count). The maximum absolute atomic E-state index is 6.24. The van der Waals surface area contributed by atoms with Gasteiger partial charge in [0.25, 0.3) is 0 Å². The monoisotopic (exact) mass is 512 g/mol. The molecule has 1 N–H and O–H groups in total. The van der Waals surface area contributed by atoms with E-state index < -0.39 is 0 Å². The lowest BCUT2D eigenvalue weighted by Crippen LogP contribution is -2.07. The third-order valence-corrected chi connectivity index (χ3v) is 6.08. The van der Waals surface area contributed by atoms with Crippen molar-refractivity contribution in [3.63, 3.8) is 0 Å². The van der Waals surface area contributed by atoms with Gasteiger partial charge in [0, 0.05) is 25.6 Å². The zero-order valence-corrected chi connectivity index (χ0v) is 19.6. The van der Waals surface area contributed by atoms with Gasteiger partial charge in [-0.05, 0) is 46.7 Å². The van der Waals surface area contributed by atoms with Crippen molar-refractivity contribution in [3.8, 4) is 5.75 Å². The molecule has 0 bridgehead atoms. The maximum atomic E-state index is 6.24. The Labute approximate surface area is 199 Å². The molecule has 4 aromatic rings. The first-order valence-corrected chi connectivity index (χ1v) is 11.2. The molecule has 0 aliphatic heterocycles. The Morgan fingerprint density at radius 3 is 2.39 bits per heavy atom. The van der Waals surface area contributed by atoms with Crippen LogP contribution in [0.1, 0.15) is 16.7 Å². The first kappa shape index (κ1) is 21.7. The number of halogens is 3. The highest BCUT2D eigenvalue weighted by Gasteiger charge is 2.08. The van der Waals surface area contributed by atoms with E-state index in [1.807, 2.05) is 60.7 Å². The van der Waals surface area contributed by atoms with Crippen LogP contribution in [0.2, 0.25) is 10.0 Å². The normalized spacial score (nSPS) is 11.2. The van der Waals surface area contributed by atoms with Crippen LogP contribution in [0.3, 0.4) is 0 Å². The largest absolute Gasteiger partial charge is 0.488 e. The molecule has 0 atom stereocenters. The standard InChI is InChI=1S/C25H19BrCl2N2O/c26-19-11-8-17(9-12-19)16-31-25-13-10-18-4-1-2-5-20(18)21(25)14-29-30-15-22-23(27)6-3-7-24(22)28/h1-14,30H,15-16H2/b29-14+. The van der Waals surface area contributed by atoms with Crippen molar-refractivity contribution in [1.82, 2.24) is 5.43 Å². The molecule has 4 aromatic carbocycles. The second kappa shape index (κ2) is 10.2. The number of ether oxygens (including phenoxy) is 1. The van der Waals surface area contributed by atoms with E-state index in [-0.39, 0.29) is 0 Å². The summed E-state index contributed by atoms with van der Waals surface area (Å²) in [6, 6.07) is 25.7. The first-order chi connectivity index (χ1) is 15.1. The van der Waals surface area contributed by atoms with Crippen molar-refractivity contribution >= 4 is 56.1 Å². The molecule has 6 heteroatoms. The van der Waals surface area contributed by atoms with Crippen LogP contribution < -0.4 is 10.2 Å². The van der Waals surface area contributed by atoms with Crippen molar-refractivity contribution in [2.75, 3.05) is 0 Å². The second-order valence-electron chi connectivity index (χ2n) is 6.91. The van der Waals surface area contributed by atoms with Crippen LogP contribution >= 0.6 is 39.1 Å². The predicted octanol–water partition coefficient (Wildman–Crippen LogP) is 7.61. The van der Waals surface area contributed by atoms with E-state index in [0.717, 1.165) is 37.7 Å². The summed E-state index contributed by atoms with van der Waals surface area (Å²) in [6.45, 7) is 0.893. The van der Waals surface area contributed by atoms with Crippen molar-refractivity contribution in [2.24, 2.45) is 5.10 Å². The number of rotatable bonds is 7. The zero-order chi connectivity index (χ0) is 21.6. The molecule has 0 spiro atoms. The Morgan fingerprint density at radius 2 is 1.61 bits per heavy atom. The molecule has 31 heavy (non-hydrogen) atoms. The number of fused-ring (bicyclic) bond motifs is 1. The van der Waals surface area contributed by atoms with Crippen molar-refractivity contribution in [3.05, 3.63) is 110 Å². The van der Waals surface area contributed by atoms with E-state index in [1.165, 1.54) is 0 Å². The molecule has 0 unspecified atom stereocenters. The Balaban J connectivity index is 1.56. The molecule has 156 valence electrons. The third-order valence-electron chi connectivity index (χ3n) is 4.84. The van der Waals surface area contributed by atoms with Gasteiger partial charge in [-0.1, -0.05) is 87.7 Å². The van der Waals surface area contributed by atoms with Gasteiger partial charge in [0.15, 0.2) is 0 Å². The molecule has 3 nitrogen and oxygen atoms in total. The molecule has 0 amide bonds. The van der Waals surface area contributed by atoms with Gasteiger partial charge >= 0.3 is 0 Å². The quantitative estimate of drug-likeness (QED) is 0.204. The zero-order valence-electron chi connectivity index (χ0n) is 16.5. The van der Waals surface area contributed by atoms with Gasteiger partial charge in [0.1, 0.15) is 12.4 Å². The highest BCUT2D eigenvalue weighted by molar-refractivity contribution is 9.10. The highest BCUT2D eigenvalue weighted by atomic mass is 79.9. The molecule has 0 heterocycles. The predicted molar refractivity (Wildman–Crippen MR) is 133 cm³/mol. The number of nitrogens with one attached hydrogen (secondary N) is 1. The Hall–Kier alpha value is -2.53. The van der Waals surface area contributed by atoms with E-state index in [9.17, 15) is 0 Å². The molecule has 0 aliphatic carbocycles. The van der Waals surface area contributed by atoms with Gasteiger partial charge < -0.3 is 10.2 Å². The smallest absolute Gasteiger partial charge is 0.129 e. The summed E-state index contributed by atoms with van der Waals surface area (Å²) >= 11 is 15.9. The lowest BCUT2D eigenvalue weighted by Gasteiger charge is -2.12. The Kier molecular flexibility index (Phi) is 7.13. The molecule has 0 fully saturated rings. The summed E-state index contributed by atoms with van der Waals surface area (Å²) in [6.07, 6.45) is 1.78. The minimum Gasteiger partial charge on any atom is -0.488 e. The van der Waals surface area contributed by atoms with Gasteiger partial charge in [-0.2, -0.15) is 5.10 Å². The summed E-state index contributed by atoms with van der Waals surface area (Å²) in [4.78, 5) is 0. The fourth-order valence-corrected chi connectivity index (χ4v) is 4.01. The van der Waals surface area contributed by atoms with Crippen LogP contribution in [0.25, 0.3) is 10.8 Å². The number of hydrogen-bond donors (Lipinski definition) is 1. The van der Waals surface area contributed by atoms with Gasteiger partial charge in [-0.25, -0.2) is 0 Å². The molecule has 0 saturated carbocycles. The summed E-state index contributed by atoms with van der Waals surface area (Å²) in [5.74, 6) is 0.767. The molecule has 0 aliphatic rings. The Morgan fingerprint density at radius 1 is 0.871 bits per heavy atom. The summed E-state index contributed by atoms with van der Waals surface area (Å²) in [5.41, 5.74) is 5.85. The van der Waals surface area contributed by atoms with Gasteiger partial charge in [-0.3, -0.25) is 0 Å². The molecule has 0 aromatic heterocycles. The number of hydrazone groups is 1. The lowest BCUT2D eigenvalue weighted by atomic mass is 10.0. The summed E-state index contributed by atoms with van der Waals surface area (Å²) < 4.78 is 7.19. The average molecular weight is 514 g/mol. The summed E-state index contributed by atoms with van der Waals surface area (Å²) in [7, 11) is 0. The van der Waals surface area contributed by atoms with Crippen LogP contribution in [0.15, 0.2) is 88.4 Å².